The molecule has 4 saturated carbocycles. The van der Waals surface area contributed by atoms with Crippen LogP contribution in [0.3, 0.4) is 0 Å². The van der Waals surface area contributed by atoms with Crippen LogP contribution in [0.1, 0.15) is 204 Å². The van der Waals surface area contributed by atoms with E-state index in [1.54, 1.807) is 0 Å². The summed E-state index contributed by atoms with van der Waals surface area (Å²) in [7, 11) is 0. The summed E-state index contributed by atoms with van der Waals surface area (Å²) in [6.07, 6.45) is 33.4. The SMILES string of the molecule is C=CC1=C(/C=C\C)c2c(ccc3ccccc23)C12c1c(ccc3cc(N(c4ccc(C5CCCCC5)cc4)c4ccc(C5CCCCC5)cc4)ccc13)-c1ccc3cc(N(c4ccc(C5CCCCC5)cc4)c4ccc(C5CCCCC5)cc4)ccc3c12. The Kier molecular flexibility index (Phi) is 14.7. The predicted molar refractivity (Wildman–Crippen MR) is 375 cm³/mol. The molecule has 2 nitrogen and oxygen atoms in total. The van der Waals surface area contributed by atoms with Crippen LogP contribution in [-0.2, 0) is 5.41 Å². The smallest absolute Gasteiger partial charge is 0.0737 e. The molecular formula is C86H84N2. The Morgan fingerprint density at radius 2 is 0.727 bits per heavy atom. The summed E-state index contributed by atoms with van der Waals surface area (Å²) in [5, 5.41) is 7.57. The highest BCUT2D eigenvalue weighted by atomic mass is 15.1. The van der Waals surface area contributed by atoms with Crippen molar-refractivity contribution in [2.75, 3.05) is 9.80 Å². The monoisotopic (exact) mass is 1140 g/mol. The molecule has 0 unspecified atom stereocenters. The quantitative estimate of drug-likeness (QED) is 0.120. The Labute approximate surface area is 523 Å². The molecule has 0 N–H and O–H groups in total. The fourth-order valence-corrected chi connectivity index (χ4v) is 18.0. The van der Waals surface area contributed by atoms with Crippen LogP contribution in [0.15, 0.2) is 225 Å². The first-order valence-corrected chi connectivity index (χ1v) is 34.2. The van der Waals surface area contributed by atoms with Crippen LogP contribution in [-0.4, -0.2) is 0 Å². The normalized spacial score (nSPS) is 18.1. The van der Waals surface area contributed by atoms with E-state index in [0.29, 0.717) is 23.7 Å². The maximum Gasteiger partial charge on any atom is 0.0737 e. The van der Waals surface area contributed by atoms with E-state index in [9.17, 15) is 0 Å². The molecular weight excluding hydrogens is 1060 g/mol. The molecule has 88 heavy (non-hydrogen) atoms. The molecule has 438 valence electrons. The minimum atomic E-state index is -0.671. The average Bonchev–Trinajstić information content (AvgIpc) is 1.49. The number of benzene rings is 10. The third-order valence-electron chi connectivity index (χ3n) is 22.3. The van der Waals surface area contributed by atoms with Crippen LogP contribution < -0.4 is 9.80 Å². The minimum absolute atomic E-state index is 0.655. The van der Waals surface area contributed by atoms with E-state index in [4.69, 9.17) is 6.58 Å². The number of hydrogen-bond donors (Lipinski definition) is 0. The molecule has 1 spiro atoms. The summed E-state index contributed by atoms with van der Waals surface area (Å²) in [5.41, 5.74) is 22.9. The molecule has 0 amide bonds. The molecule has 0 aliphatic heterocycles. The summed E-state index contributed by atoms with van der Waals surface area (Å²) in [4.78, 5) is 5.04. The Morgan fingerprint density at radius 1 is 0.364 bits per heavy atom. The highest BCUT2D eigenvalue weighted by Gasteiger charge is 2.54. The van der Waals surface area contributed by atoms with Gasteiger partial charge < -0.3 is 9.80 Å². The van der Waals surface area contributed by atoms with Gasteiger partial charge in [-0.2, -0.15) is 0 Å². The lowest BCUT2D eigenvalue weighted by Crippen LogP contribution is -2.27. The van der Waals surface area contributed by atoms with E-state index >= 15 is 0 Å². The van der Waals surface area contributed by atoms with Crippen molar-refractivity contribution in [2.24, 2.45) is 0 Å². The van der Waals surface area contributed by atoms with Crippen molar-refractivity contribution in [3.8, 4) is 11.1 Å². The van der Waals surface area contributed by atoms with Crippen LogP contribution in [0.2, 0.25) is 0 Å². The number of rotatable bonds is 12. The number of allylic oxidation sites excluding steroid dienone is 5. The second-order valence-corrected chi connectivity index (χ2v) is 27.2. The van der Waals surface area contributed by atoms with Gasteiger partial charge in [-0.1, -0.05) is 223 Å². The molecule has 6 aliphatic rings. The van der Waals surface area contributed by atoms with E-state index in [-0.39, 0.29) is 0 Å². The third kappa shape index (κ3) is 9.41. The maximum atomic E-state index is 4.81. The van der Waals surface area contributed by atoms with Crippen molar-refractivity contribution in [3.63, 3.8) is 0 Å². The second-order valence-electron chi connectivity index (χ2n) is 27.2. The van der Waals surface area contributed by atoms with Gasteiger partial charge in [-0.25, -0.2) is 0 Å². The van der Waals surface area contributed by atoms with Crippen LogP contribution in [0.4, 0.5) is 34.1 Å². The fraction of sp³-hybridized carbons (Fsp3) is 0.302. The van der Waals surface area contributed by atoms with E-state index in [1.807, 2.05) is 0 Å². The van der Waals surface area contributed by atoms with Gasteiger partial charge in [-0.05, 0) is 254 Å². The van der Waals surface area contributed by atoms with Gasteiger partial charge in [0.2, 0.25) is 0 Å². The van der Waals surface area contributed by atoms with Gasteiger partial charge in [0, 0.05) is 34.1 Å². The van der Waals surface area contributed by atoms with Gasteiger partial charge in [-0.15, -0.1) is 0 Å². The molecule has 0 saturated heterocycles. The van der Waals surface area contributed by atoms with Crippen molar-refractivity contribution >= 4 is 72.0 Å². The van der Waals surface area contributed by atoms with Gasteiger partial charge in [0.1, 0.15) is 0 Å². The van der Waals surface area contributed by atoms with Crippen LogP contribution in [0.25, 0.3) is 49.0 Å². The fourth-order valence-electron chi connectivity index (χ4n) is 18.0. The average molecular weight is 1150 g/mol. The standard InChI is InChI=1S/C86H84N2/c1-3-19-80-81(4-2)86(82-55-40-66-28-17-18-29-75(66)83(80)82)84-76-53-49-73(87(69-41-30-62(31-42-69)58-20-9-5-10-21-58)70-43-32-63(33-44-70)59-22-11-6-12-23-59)56-67(76)38-51-78(84)79-52-39-68-57-74(50-54-77(68)85(79)86)88(71-45-34-64(35-46-71)60-24-13-7-14-25-60)72-47-36-65(37-48-72)61-26-15-8-16-27-61/h3-4,17-19,28-61H,2,5-16,20-27H2,1H3/b19-3-. The minimum Gasteiger partial charge on any atom is -0.310 e. The Hall–Kier alpha value is -8.20. The van der Waals surface area contributed by atoms with Crippen molar-refractivity contribution in [1.82, 2.24) is 0 Å². The van der Waals surface area contributed by atoms with Crippen LogP contribution in [0.5, 0.6) is 0 Å². The zero-order chi connectivity index (χ0) is 58.7. The molecule has 16 rings (SSSR count). The van der Waals surface area contributed by atoms with Gasteiger partial charge in [-0.3, -0.25) is 0 Å². The predicted octanol–water partition coefficient (Wildman–Crippen LogP) is 25.1. The summed E-state index contributed by atoms with van der Waals surface area (Å²) >= 11 is 0. The van der Waals surface area contributed by atoms with Crippen LogP contribution >= 0.6 is 0 Å². The summed E-state index contributed by atoms with van der Waals surface area (Å²) in [5.74, 6) is 2.62. The summed E-state index contributed by atoms with van der Waals surface area (Å²) in [6, 6.07) is 77.1. The van der Waals surface area contributed by atoms with Crippen molar-refractivity contribution < 1.29 is 0 Å². The zero-order valence-electron chi connectivity index (χ0n) is 51.8. The first kappa shape index (κ1) is 55.1. The van der Waals surface area contributed by atoms with Gasteiger partial charge in [0.05, 0.1) is 5.41 Å². The van der Waals surface area contributed by atoms with Gasteiger partial charge >= 0.3 is 0 Å². The first-order valence-electron chi connectivity index (χ1n) is 34.2. The number of fused-ring (bicyclic) bond motifs is 13. The second kappa shape index (κ2) is 23.4. The van der Waals surface area contributed by atoms with Crippen LogP contribution in [0, 0.1) is 0 Å². The van der Waals surface area contributed by atoms with Crippen molar-refractivity contribution in [3.05, 3.63) is 269 Å². The van der Waals surface area contributed by atoms with Gasteiger partial charge in [0.15, 0.2) is 0 Å². The van der Waals surface area contributed by atoms with E-state index in [1.165, 1.54) is 262 Å². The molecule has 10 aromatic carbocycles. The van der Waals surface area contributed by atoms with Crippen molar-refractivity contribution in [2.45, 2.75) is 164 Å². The lowest BCUT2D eigenvalue weighted by atomic mass is 9.67. The lowest BCUT2D eigenvalue weighted by molar-refractivity contribution is 0.443. The van der Waals surface area contributed by atoms with E-state index in [2.05, 4.69) is 229 Å². The Balaban J connectivity index is 0.874. The van der Waals surface area contributed by atoms with E-state index in [0.717, 1.165) is 0 Å². The molecule has 0 aromatic heterocycles. The molecule has 2 heteroatoms. The lowest BCUT2D eigenvalue weighted by Gasteiger charge is -2.34. The molecule has 6 aliphatic carbocycles. The van der Waals surface area contributed by atoms with Crippen molar-refractivity contribution in [1.29, 1.82) is 0 Å². The molecule has 0 atom stereocenters. The maximum absolute atomic E-state index is 4.81. The summed E-state index contributed by atoms with van der Waals surface area (Å²) < 4.78 is 0. The number of nitrogens with zero attached hydrogens (tertiary/aromatic N) is 2. The topological polar surface area (TPSA) is 6.48 Å². The largest absolute Gasteiger partial charge is 0.310 e. The highest BCUT2D eigenvalue weighted by Crippen LogP contribution is 2.66. The molecule has 0 radical (unpaired) electrons. The Morgan fingerprint density at radius 3 is 1.10 bits per heavy atom. The Bertz CT molecular complexity index is 3960. The third-order valence-corrected chi connectivity index (χ3v) is 22.3. The molecule has 0 bridgehead atoms. The van der Waals surface area contributed by atoms with Gasteiger partial charge in [0.25, 0.3) is 0 Å². The first-order chi connectivity index (χ1) is 43.5. The highest BCUT2D eigenvalue weighted by molar-refractivity contribution is 6.13. The number of anilines is 6. The van der Waals surface area contributed by atoms with E-state index < -0.39 is 5.41 Å². The molecule has 10 aromatic rings. The zero-order valence-corrected chi connectivity index (χ0v) is 51.8. The summed E-state index contributed by atoms with van der Waals surface area (Å²) in [6.45, 7) is 6.98. The number of hydrogen-bond acceptors (Lipinski definition) is 2. The molecule has 4 fully saturated rings. The molecule has 0 heterocycles.